The van der Waals surface area contributed by atoms with Crippen LogP contribution in [0.4, 0.5) is 5.69 Å². The molecule has 0 saturated heterocycles. The van der Waals surface area contributed by atoms with Crippen LogP contribution in [-0.4, -0.2) is 52.9 Å². The lowest BCUT2D eigenvalue weighted by molar-refractivity contribution is -0.122. The number of likely N-dealkylation sites (N-methyl/N-ethyl adjacent to an activating group) is 1. The van der Waals surface area contributed by atoms with Gasteiger partial charge in [-0.25, -0.2) is 13.4 Å². The largest absolute Gasteiger partial charge is 0.346 e. The van der Waals surface area contributed by atoms with Gasteiger partial charge in [0.15, 0.2) is 0 Å². The molecule has 0 aliphatic carbocycles. The Bertz CT molecular complexity index is 1150. The van der Waals surface area contributed by atoms with Crippen LogP contribution in [0, 0.1) is 0 Å². The molecular weight excluding hydrogens is 432 g/mol. The minimum Gasteiger partial charge on any atom is -0.346 e. The van der Waals surface area contributed by atoms with E-state index in [-0.39, 0.29) is 17.3 Å². The van der Waals surface area contributed by atoms with E-state index in [9.17, 15) is 18.0 Å². The third-order valence-corrected chi connectivity index (χ3v) is 6.44. The van der Waals surface area contributed by atoms with Gasteiger partial charge in [0.05, 0.1) is 24.0 Å². The molecule has 1 heterocycles. The number of benzene rings is 2. The summed E-state index contributed by atoms with van der Waals surface area (Å²) >= 11 is 0. The molecule has 11 heteroatoms. The van der Waals surface area contributed by atoms with E-state index in [1.807, 2.05) is 30.3 Å². The maximum Gasteiger partial charge on any atom is 0.243 e. The molecule has 3 rings (SSSR count). The highest BCUT2D eigenvalue weighted by Crippen LogP contribution is 2.18. The molecule has 0 spiro atoms. The fourth-order valence-corrected chi connectivity index (χ4v) is 4.18. The molecule has 0 bridgehead atoms. The lowest BCUT2D eigenvalue weighted by Crippen LogP contribution is -2.40. The summed E-state index contributed by atoms with van der Waals surface area (Å²) in [6.45, 7) is 1.34. The second-order valence-corrected chi connectivity index (χ2v) is 9.16. The maximum atomic E-state index is 12.8. The Morgan fingerprint density at radius 2 is 1.78 bits per heavy atom. The highest BCUT2D eigenvalue weighted by molar-refractivity contribution is 7.89. The molecule has 1 aromatic heterocycles. The second-order valence-electron chi connectivity index (χ2n) is 7.11. The number of aromatic nitrogens is 3. The van der Waals surface area contributed by atoms with E-state index in [0.29, 0.717) is 12.2 Å². The van der Waals surface area contributed by atoms with Gasteiger partial charge >= 0.3 is 0 Å². The predicted molar refractivity (Wildman–Crippen MR) is 118 cm³/mol. The Morgan fingerprint density at radius 1 is 1.09 bits per heavy atom. The minimum absolute atomic E-state index is 0.0177. The highest BCUT2D eigenvalue weighted by atomic mass is 32.2. The van der Waals surface area contributed by atoms with Gasteiger partial charge in [0.2, 0.25) is 21.8 Å². The van der Waals surface area contributed by atoms with E-state index < -0.39 is 22.0 Å². The molecular formula is C21H24N6O4S. The quantitative estimate of drug-likeness (QED) is 0.501. The van der Waals surface area contributed by atoms with Gasteiger partial charge in [-0.1, -0.05) is 30.3 Å². The van der Waals surface area contributed by atoms with Crippen molar-refractivity contribution in [1.82, 2.24) is 24.4 Å². The third kappa shape index (κ3) is 5.99. The average Bonchev–Trinajstić information content (AvgIpc) is 3.27. The van der Waals surface area contributed by atoms with Crippen LogP contribution < -0.4 is 10.6 Å². The third-order valence-electron chi connectivity index (χ3n) is 4.62. The number of carbonyl (C=O) groups excluding carboxylic acids is 2. The Balaban J connectivity index is 1.69. The van der Waals surface area contributed by atoms with Gasteiger partial charge in [-0.2, -0.15) is 9.40 Å². The van der Waals surface area contributed by atoms with Gasteiger partial charge < -0.3 is 10.6 Å². The van der Waals surface area contributed by atoms with E-state index >= 15 is 0 Å². The second kappa shape index (κ2) is 10.2. The summed E-state index contributed by atoms with van der Waals surface area (Å²) in [6.07, 6.45) is 2.95. The summed E-state index contributed by atoms with van der Waals surface area (Å²) in [5.74, 6) is -0.715. The number of rotatable bonds is 9. The number of hydrogen-bond donors (Lipinski definition) is 2. The van der Waals surface area contributed by atoms with Crippen molar-refractivity contribution in [3.05, 3.63) is 72.8 Å². The molecule has 168 valence electrons. The first kappa shape index (κ1) is 23.1. The number of nitrogens with one attached hydrogen (secondary N) is 2. The van der Waals surface area contributed by atoms with Crippen molar-refractivity contribution in [2.24, 2.45) is 0 Å². The molecule has 10 nitrogen and oxygen atoms in total. The Hall–Kier alpha value is -3.57. The van der Waals surface area contributed by atoms with E-state index in [2.05, 4.69) is 20.7 Å². The molecule has 3 aromatic rings. The molecule has 0 radical (unpaired) electrons. The van der Waals surface area contributed by atoms with Crippen molar-refractivity contribution < 1.29 is 18.0 Å². The SMILES string of the molecule is CC(=O)Nc1ccc(S(=O)(=O)N(C)CC(=O)NC(Cn2cncn2)c2ccccc2)cc1. The monoisotopic (exact) mass is 456 g/mol. The first-order valence-corrected chi connectivity index (χ1v) is 11.2. The van der Waals surface area contributed by atoms with Crippen LogP contribution in [0.2, 0.25) is 0 Å². The fourth-order valence-electron chi connectivity index (χ4n) is 3.05. The summed E-state index contributed by atoms with van der Waals surface area (Å²) in [5, 5.41) is 9.53. The molecule has 2 N–H and O–H groups in total. The number of nitrogens with zero attached hydrogens (tertiary/aromatic N) is 4. The number of sulfonamides is 1. The summed E-state index contributed by atoms with van der Waals surface area (Å²) in [7, 11) is -2.56. The van der Waals surface area contributed by atoms with Crippen molar-refractivity contribution in [2.75, 3.05) is 18.9 Å². The van der Waals surface area contributed by atoms with E-state index in [1.54, 1.807) is 11.0 Å². The zero-order valence-electron chi connectivity index (χ0n) is 17.7. The van der Waals surface area contributed by atoms with Crippen LogP contribution in [0.5, 0.6) is 0 Å². The van der Waals surface area contributed by atoms with Crippen molar-refractivity contribution in [1.29, 1.82) is 0 Å². The van der Waals surface area contributed by atoms with Crippen molar-refractivity contribution in [3.8, 4) is 0 Å². The Kier molecular flexibility index (Phi) is 7.33. The highest BCUT2D eigenvalue weighted by Gasteiger charge is 2.24. The maximum absolute atomic E-state index is 12.8. The van der Waals surface area contributed by atoms with Gasteiger partial charge in [-0.15, -0.1) is 0 Å². The summed E-state index contributed by atoms with van der Waals surface area (Å²) in [4.78, 5) is 27.8. The van der Waals surface area contributed by atoms with Gasteiger partial charge in [-0.05, 0) is 29.8 Å². The molecule has 2 aromatic carbocycles. The van der Waals surface area contributed by atoms with Crippen LogP contribution in [0.3, 0.4) is 0 Å². The topological polar surface area (TPSA) is 126 Å². The van der Waals surface area contributed by atoms with E-state index in [1.165, 1.54) is 44.6 Å². The number of carbonyl (C=O) groups is 2. The first-order chi connectivity index (χ1) is 15.3. The molecule has 32 heavy (non-hydrogen) atoms. The number of hydrogen-bond acceptors (Lipinski definition) is 6. The molecule has 0 aliphatic rings. The molecule has 1 unspecified atom stereocenters. The summed E-state index contributed by atoms with van der Waals surface area (Å²) in [6, 6.07) is 14.7. The van der Waals surface area contributed by atoms with Gasteiger partial charge in [-0.3, -0.25) is 14.3 Å². The number of amides is 2. The van der Waals surface area contributed by atoms with Crippen LogP contribution in [0.25, 0.3) is 0 Å². The lowest BCUT2D eigenvalue weighted by Gasteiger charge is -2.22. The Labute approximate surface area is 186 Å². The summed E-state index contributed by atoms with van der Waals surface area (Å²) in [5.41, 5.74) is 1.34. The summed E-state index contributed by atoms with van der Waals surface area (Å²) < 4.78 is 28.3. The van der Waals surface area contributed by atoms with Gasteiger partial charge in [0.25, 0.3) is 0 Å². The van der Waals surface area contributed by atoms with Gasteiger partial charge in [0.1, 0.15) is 12.7 Å². The fraction of sp³-hybridized carbons (Fsp3) is 0.238. The van der Waals surface area contributed by atoms with Gasteiger partial charge in [0, 0.05) is 19.7 Å². The van der Waals surface area contributed by atoms with Crippen LogP contribution in [0.1, 0.15) is 18.5 Å². The van der Waals surface area contributed by atoms with Crippen molar-refractivity contribution in [2.45, 2.75) is 24.4 Å². The van der Waals surface area contributed by atoms with Crippen molar-refractivity contribution >= 4 is 27.5 Å². The average molecular weight is 457 g/mol. The minimum atomic E-state index is -3.90. The normalized spacial score (nSPS) is 12.3. The van der Waals surface area contributed by atoms with Crippen molar-refractivity contribution in [3.63, 3.8) is 0 Å². The van der Waals surface area contributed by atoms with E-state index in [0.717, 1.165) is 9.87 Å². The number of anilines is 1. The lowest BCUT2D eigenvalue weighted by atomic mass is 10.1. The van der Waals surface area contributed by atoms with E-state index in [4.69, 9.17) is 0 Å². The zero-order chi connectivity index (χ0) is 23.1. The Morgan fingerprint density at radius 3 is 2.38 bits per heavy atom. The molecule has 1 atom stereocenters. The van der Waals surface area contributed by atoms with Crippen LogP contribution in [-0.2, 0) is 26.2 Å². The predicted octanol–water partition coefficient (Wildman–Crippen LogP) is 1.41. The smallest absolute Gasteiger partial charge is 0.243 e. The zero-order valence-corrected chi connectivity index (χ0v) is 18.5. The molecule has 0 saturated carbocycles. The van der Waals surface area contributed by atoms with Crippen LogP contribution in [0.15, 0.2) is 72.1 Å². The first-order valence-electron chi connectivity index (χ1n) is 9.76. The molecule has 2 amide bonds. The molecule has 0 aliphatic heterocycles. The standard InChI is InChI=1S/C21H24N6O4S/c1-16(28)24-18-8-10-19(11-9-18)32(30,31)26(2)13-21(29)25-20(12-27-15-22-14-23-27)17-6-4-3-5-7-17/h3-11,14-15,20H,12-13H2,1-2H3,(H,24,28)(H,25,29). The van der Waals surface area contributed by atoms with Crippen LogP contribution >= 0.6 is 0 Å². The molecule has 0 fully saturated rings.